The molecule has 18 heavy (non-hydrogen) atoms. The molecule has 2 N–H and O–H groups in total. The molecule has 0 saturated heterocycles. The average molecular weight is 239 g/mol. The molecule has 0 fully saturated rings. The van der Waals surface area contributed by atoms with Crippen LogP contribution in [0.25, 0.3) is 0 Å². The fraction of sp³-hybridized carbons (Fsp3) is 0.143. The number of fused-ring (bicyclic) bond motifs is 1. The number of carbonyl (C=O) groups is 1. The molecule has 1 aromatic heterocycles. The lowest BCUT2D eigenvalue weighted by Crippen LogP contribution is -2.12. The molecule has 90 valence electrons. The van der Waals surface area contributed by atoms with Crippen molar-refractivity contribution in [2.75, 3.05) is 17.2 Å². The van der Waals surface area contributed by atoms with Gasteiger partial charge in [0.25, 0.3) is 5.91 Å². The zero-order valence-corrected chi connectivity index (χ0v) is 9.81. The predicted molar refractivity (Wildman–Crippen MR) is 70.8 cm³/mol. The standard InChI is InChI=1S/C14H13N3O/c18-14(17-13-3-1-2-7-16-13)11-4-5-12-10(9-11)6-8-15-12/h1-5,7,9,15H,6,8H2,(H,16,17,18). The molecular weight excluding hydrogens is 226 g/mol. The van der Waals surface area contributed by atoms with E-state index in [0.29, 0.717) is 11.4 Å². The summed E-state index contributed by atoms with van der Waals surface area (Å²) in [6.45, 7) is 0.945. The van der Waals surface area contributed by atoms with E-state index in [1.54, 1.807) is 12.3 Å². The van der Waals surface area contributed by atoms with Gasteiger partial charge in [-0.05, 0) is 42.3 Å². The lowest BCUT2D eigenvalue weighted by molar-refractivity contribution is 0.102. The third-order valence-electron chi connectivity index (χ3n) is 2.98. The number of amides is 1. The molecule has 4 heteroatoms. The fourth-order valence-corrected chi connectivity index (χ4v) is 2.07. The van der Waals surface area contributed by atoms with Gasteiger partial charge in [-0.25, -0.2) is 4.98 Å². The summed E-state index contributed by atoms with van der Waals surface area (Å²) in [4.78, 5) is 16.1. The van der Waals surface area contributed by atoms with E-state index in [0.717, 1.165) is 18.7 Å². The van der Waals surface area contributed by atoms with Crippen molar-refractivity contribution in [1.29, 1.82) is 0 Å². The van der Waals surface area contributed by atoms with Gasteiger partial charge in [0.05, 0.1) is 0 Å². The fourth-order valence-electron chi connectivity index (χ4n) is 2.07. The van der Waals surface area contributed by atoms with Gasteiger partial charge >= 0.3 is 0 Å². The van der Waals surface area contributed by atoms with Crippen molar-refractivity contribution in [3.05, 3.63) is 53.7 Å². The van der Waals surface area contributed by atoms with Crippen LogP contribution in [0.3, 0.4) is 0 Å². The Bertz CT molecular complexity index is 581. The molecule has 1 aromatic carbocycles. The normalized spacial score (nSPS) is 12.7. The highest BCUT2D eigenvalue weighted by Crippen LogP contribution is 2.23. The summed E-state index contributed by atoms with van der Waals surface area (Å²) in [6, 6.07) is 11.2. The molecule has 0 atom stereocenters. The molecule has 0 bridgehead atoms. The van der Waals surface area contributed by atoms with E-state index in [-0.39, 0.29) is 5.91 Å². The van der Waals surface area contributed by atoms with Gasteiger partial charge in [0.15, 0.2) is 0 Å². The third-order valence-corrected chi connectivity index (χ3v) is 2.98. The molecule has 2 heterocycles. The monoisotopic (exact) mass is 239 g/mol. The summed E-state index contributed by atoms with van der Waals surface area (Å²) >= 11 is 0. The maximum atomic E-state index is 12.0. The summed E-state index contributed by atoms with van der Waals surface area (Å²) in [6.07, 6.45) is 2.63. The number of hydrogen-bond acceptors (Lipinski definition) is 3. The van der Waals surface area contributed by atoms with Gasteiger partial charge in [-0.1, -0.05) is 6.07 Å². The molecular formula is C14H13N3O. The number of nitrogens with one attached hydrogen (secondary N) is 2. The van der Waals surface area contributed by atoms with Crippen LogP contribution in [0.5, 0.6) is 0 Å². The Morgan fingerprint density at radius 2 is 2.22 bits per heavy atom. The zero-order valence-electron chi connectivity index (χ0n) is 9.81. The third kappa shape index (κ3) is 2.05. The molecule has 0 spiro atoms. The van der Waals surface area contributed by atoms with Crippen LogP contribution in [-0.2, 0) is 6.42 Å². The number of hydrogen-bond donors (Lipinski definition) is 2. The molecule has 0 saturated carbocycles. The lowest BCUT2D eigenvalue weighted by Gasteiger charge is -2.06. The topological polar surface area (TPSA) is 54.0 Å². The van der Waals surface area contributed by atoms with Gasteiger partial charge in [0.2, 0.25) is 0 Å². The predicted octanol–water partition coefficient (Wildman–Crippen LogP) is 2.30. The first-order valence-electron chi connectivity index (χ1n) is 5.92. The Balaban J connectivity index is 1.81. The van der Waals surface area contributed by atoms with Gasteiger partial charge in [0.1, 0.15) is 5.82 Å². The highest BCUT2D eigenvalue weighted by atomic mass is 16.1. The Morgan fingerprint density at radius 1 is 1.28 bits per heavy atom. The summed E-state index contributed by atoms with van der Waals surface area (Å²) in [5.41, 5.74) is 3.00. The highest BCUT2D eigenvalue weighted by molar-refractivity contribution is 6.04. The Hall–Kier alpha value is -2.36. The minimum absolute atomic E-state index is 0.122. The summed E-state index contributed by atoms with van der Waals surface area (Å²) < 4.78 is 0. The van der Waals surface area contributed by atoms with Crippen LogP contribution in [0.2, 0.25) is 0 Å². The summed E-state index contributed by atoms with van der Waals surface area (Å²) in [7, 11) is 0. The maximum Gasteiger partial charge on any atom is 0.256 e. The van der Waals surface area contributed by atoms with Crippen LogP contribution in [0.4, 0.5) is 11.5 Å². The van der Waals surface area contributed by atoms with E-state index in [9.17, 15) is 4.79 Å². The van der Waals surface area contributed by atoms with E-state index in [4.69, 9.17) is 0 Å². The van der Waals surface area contributed by atoms with Crippen LogP contribution in [0.1, 0.15) is 15.9 Å². The van der Waals surface area contributed by atoms with Crippen molar-refractivity contribution < 1.29 is 4.79 Å². The van der Waals surface area contributed by atoms with E-state index in [1.807, 2.05) is 30.3 Å². The molecule has 4 nitrogen and oxygen atoms in total. The number of nitrogens with zero attached hydrogens (tertiary/aromatic N) is 1. The zero-order chi connectivity index (χ0) is 12.4. The minimum atomic E-state index is -0.122. The summed E-state index contributed by atoms with van der Waals surface area (Å²) in [5.74, 6) is 0.449. The molecule has 3 rings (SSSR count). The van der Waals surface area contributed by atoms with E-state index in [2.05, 4.69) is 15.6 Å². The van der Waals surface area contributed by atoms with Crippen LogP contribution in [0.15, 0.2) is 42.6 Å². The highest BCUT2D eigenvalue weighted by Gasteiger charge is 2.13. The van der Waals surface area contributed by atoms with Crippen molar-refractivity contribution in [3.8, 4) is 0 Å². The quantitative estimate of drug-likeness (QED) is 0.845. The largest absolute Gasteiger partial charge is 0.384 e. The number of benzene rings is 1. The summed E-state index contributed by atoms with van der Waals surface area (Å²) in [5, 5.41) is 6.05. The molecule has 1 aliphatic rings. The first-order chi connectivity index (χ1) is 8.83. The van der Waals surface area contributed by atoms with Crippen LogP contribution >= 0.6 is 0 Å². The van der Waals surface area contributed by atoms with Crippen LogP contribution in [-0.4, -0.2) is 17.4 Å². The smallest absolute Gasteiger partial charge is 0.256 e. The first kappa shape index (κ1) is 10.8. The molecule has 1 aliphatic heterocycles. The van der Waals surface area contributed by atoms with E-state index in [1.165, 1.54) is 5.56 Å². The first-order valence-corrected chi connectivity index (χ1v) is 5.92. The Labute approximate surface area is 105 Å². The van der Waals surface area contributed by atoms with Gasteiger partial charge in [-0.15, -0.1) is 0 Å². The molecule has 2 aromatic rings. The second-order valence-corrected chi connectivity index (χ2v) is 4.22. The molecule has 0 unspecified atom stereocenters. The van der Waals surface area contributed by atoms with Crippen molar-refractivity contribution in [3.63, 3.8) is 0 Å². The molecule has 1 amide bonds. The Kier molecular flexibility index (Phi) is 2.68. The van der Waals surface area contributed by atoms with Crippen molar-refractivity contribution in [2.45, 2.75) is 6.42 Å². The Morgan fingerprint density at radius 3 is 3.06 bits per heavy atom. The number of pyridine rings is 1. The van der Waals surface area contributed by atoms with Gasteiger partial charge in [-0.3, -0.25) is 4.79 Å². The van der Waals surface area contributed by atoms with Crippen LogP contribution in [0, 0.1) is 0 Å². The second-order valence-electron chi connectivity index (χ2n) is 4.22. The number of anilines is 2. The van der Waals surface area contributed by atoms with Crippen molar-refractivity contribution >= 4 is 17.4 Å². The minimum Gasteiger partial charge on any atom is -0.384 e. The van der Waals surface area contributed by atoms with Gasteiger partial charge in [-0.2, -0.15) is 0 Å². The average Bonchev–Trinajstić information content (AvgIpc) is 2.87. The molecule has 0 radical (unpaired) electrons. The maximum absolute atomic E-state index is 12.0. The van der Waals surface area contributed by atoms with Gasteiger partial charge < -0.3 is 10.6 Å². The lowest BCUT2D eigenvalue weighted by atomic mass is 10.1. The SMILES string of the molecule is O=C(Nc1ccccn1)c1ccc2c(c1)CCN2. The van der Waals surface area contributed by atoms with E-state index >= 15 is 0 Å². The van der Waals surface area contributed by atoms with Crippen molar-refractivity contribution in [2.24, 2.45) is 0 Å². The van der Waals surface area contributed by atoms with Gasteiger partial charge in [0, 0.05) is 24.0 Å². The van der Waals surface area contributed by atoms with Crippen molar-refractivity contribution in [1.82, 2.24) is 4.98 Å². The van der Waals surface area contributed by atoms with Crippen LogP contribution < -0.4 is 10.6 Å². The number of rotatable bonds is 2. The number of carbonyl (C=O) groups excluding carboxylic acids is 1. The second kappa shape index (κ2) is 4.49. The van der Waals surface area contributed by atoms with E-state index < -0.39 is 0 Å². The molecule has 0 aliphatic carbocycles. The number of aromatic nitrogens is 1.